The zero-order valence-electron chi connectivity index (χ0n) is 19.1. The Hall–Kier alpha value is -3.30. The van der Waals surface area contributed by atoms with Gasteiger partial charge in [-0.1, -0.05) is 12.1 Å². The largest absolute Gasteiger partial charge is 0.497 e. The minimum absolute atomic E-state index is 0.0371. The van der Waals surface area contributed by atoms with Crippen LogP contribution in [0.4, 0.5) is 10.5 Å². The van der Waals surface area contributed by atoms with Crippen molar-refractivity contribution >= 4 is 17.6 Å². The predicted molar refractivity (Wildman–Crippen MR) is 126 cm³/mol. The van der Waals surface area contributed by atoms with Gasteiger partial charge in [0.2, 0.25) is 5.91 Å². The van der Waals surface area contributed by atoms with Gasteiger partial charge in [-0.05, 0) is 42.0 Å². The minimum atomic E-state index is -0.364. The molecule has 1 heterocycles. The number of benzene rings is 2. The first-order valence-corrected chi connectivity index (χ1v) is 11.0. The first-order chi connectivity index (χ1) is 16.1. The third kappa shape index (κ3) is 7.65. The maximum absolute atomic E-state index is 12.4. The molecule has 9 nitrogen and oxygen atoms in total. The van der Waals surface area contributed by atoms with Crippen LogP contribution in [0.2, 0.25) is 0 Å². The second kappa shape index (κ2) is 12.7. The molecule has 3 rings (SSSR count). The van der Waals surface area contributed by atoms with Crippen LogP contribution in [-0.2, 0) is 9.53 Å². The number of urea groups is 1. The zero-order valence-corrected chi connectivity index (χ0v) is 19.1. The van der Waals surface area contributed by atoms with E-state index < -0.39 is 0 Å². The van der Waals surface area contributed by atoms with E-state index >= 15 is 0 Å². The Morgan fingerprint density at radius 2 is 1.55 bits per heavy atom. The Balaban J connectivity index is 1.45. The summed E-state index contributed by atoms with van der Waals surface area (Å²) in [6.07, 6.45) is 0.189. The van der Waals surface area contributed by atoms with Crippen molar-refractivity contribution in [1.82, 2.24) is 15.5 Å². The highest BCUT2D eigenvalue weighted by atomic mass is 16.5. The molecule has 1 aliphatic heterocycles. The SMILES string of the molecule is COc1ccc(NC(=O)NCCC(=O)NCC(c2ccc(OC)cc2)N2CCOCC2)cc1. The number of methoxy groups -OCH3 is 2. The second-order valence-corrected chi connectivity index (χ2v) is 7.60. The molecule has 2 aromatic rings. The number of hydrogen-bond donors (Lipinski definition) is 3. The van der Waals surface area contributed by atoms with Crippen LogP contribution in [0.15, 0.2) is 48.5 Å². The molecule has 1 saturated heterocycles. The second-order valence-electron chi connectivity index (χ2n) is 7.60. The van der Waals surface area contributed by atoms with Crippen molar-refractivity contribution < 1.29 is 23.8 Å². The molecule has 1 aliphatic rings. The number of hydrogen-bond acceptors (Lipinski definition) is 6. The molecule has 0 saturated carbocycles. The topological polar surface area (TPSA) is 101 Å². The number of nitrogens with zero attached hydrogens (tertiary/aromatic N) is 1. The van der Waals surface area contributed by atoms with Crippen molar-refractivity contribution in [2.24, 2.45) is 0 Å². The molecule has 178 valence electrons. The molecule has 1 unspecified atom stereocenters. The number of anilines is 1. The summed E-state index contributed by atoms with van der Waals surface area (Å²) in [6, 6.07) is 14.6. The summed E-state index contributed by atoms with van der Waals surface area (Å²) in [7, 11) is 3.22. The van der Waals surface area contributed by atoms with Crippen LogP contribution in [0.1, 0.15) is 18.0 Å². The number of morpholine rings is 1. The van der Waals surface area contributed by atoms with Gasteiger partial charge in [0.15, 0.2) is 0 Å². The number of amides is 3. The summed E-state index contributed by atoms with van der Waals surface area (Å²) in [5.74, 6) is 1.39. The fourth-order valence-corrected chi connectivity index (χ4v) is 3.61. The quantitative estimate of drug-likeness (QED) is 0.508. The van der Waals surface area contributed by atoms with E-state index in [-0.39, 0.29) is 30.9 Å². The third-order valence-corrected chi connectivity index (χ3v) is 5.47. The van der Waals surface area contributed by atoms with E-state index in [1.807, 2.05) is 24.3 Å². The van der Waals surface area contributed by atoms with Gasteiger partial charge in [0.25, 0.3) is 0 Å². The van der Waals surface area contributed by atoms with Gasteiger partial charge < -0.3 is 30.2 Å². The van der Waals surface area contributed by atoms with E-state index in [2.05, 4.69) is 20.9 Å². The summed E-state index contributed by atoms with van der Waals surface area (Å²) in [5, 5.41) is 8.43. The predicted octanol–water partition coefficient (Wildman–Crippen LogP) is 2.41. The molecule has 9 heteroatoms. The van der Waals surface area contributed by atoms with Gasteiger partial charge in [-0.15, -0.1) is 0 Å². The Bertz CT molecular complexity index is 883. The minimum Gasteiger partial charge on any atom is -0.497 e. The highest BCUT2D eigenvalue weighted by molar-refractivity contribution is 5.89. The van der Waals surface area contributed by atoms with Gasteiger partial charge in [0.1, 0.15) is 11.5 Å². The Labute approximate surface area is 194 Å². The molecule has 0 bridgehead atoms. The Morgan fingerprint density at radius 3 is 2.15 bits per heavy atom. The number of ether oxygens (including phenoxy) is 3. The van der Waals surface area contributed by atoms with E-state index in [4.69, 9.17) is 14.2 Å². The van der Waals surface area contributed by atoms with Crippen LogP contribution < -0.4 is 25.4 Å². The number of rotatable bonds is 10. The highest BCUT2D eigenvalue weighted by Crippen LogP contribution is 2.23. The van der Waals surface area contributed by atoms with Crippen LogP contribution in [0.5, 0.6) is 11.5 Å². The van der Waals surface area contributed by atoms with Crippen LogP contribution in [0.3, 0.4) is 0 Å². The smallest absolute Gasteiger partial charge is 0.319 e. The molecular formula is C24H32N4O5. The molecule has 0 aromatic heterocycles. The Kier molecular flexibility index (Phi) is 9.34. The summed E-state index contributed by atoms with van der Waals surface area (Å²) in [5.41, 5.74) is 1.75. The summed E-state index contributed by atoms with van der Waals surface area (Å²) >= 11 is 0. The molecule has 0 aliphatic carbocycles. The van der Waals surface area contributed by atoms with Gasteiger partial charge in [0, 0.05) is 38.3 Å². The van der Waals surface area contributed by atoms with Crippen molar-refractivity contribution in [3.05, 3.63) is 54.1 Å². The Morgan fingerprint density at radius 1 is 0.939 bits per heavy atom. The van der Waals surface area contributed by atoms with Crippen LogP contribution in [-0.4, -0.2) is 70.5 Å². The molecule has 0 radical (unpaired) electrons. The summed E-state index contributed by atoms with van der Waals surface area (Å²) < 4.78 is 15.8. The highest BCUT2D eigenvalue weighted by Gasteiger charge is 2.23. The lowest BCUT2D eigenvalue weighted by atomic mass is 10.0. The number of carbonyl (C=O) groups is 2. The average Bonchev–Trinajstić information content (AvgIpc) is 2.85. The third-order valence-electron chi connectivity index (χ3n) is 5.47. The van der Waals surface area contributed by atoms with Crippen molar-refractivity contribution in [2.75, 3.05) is 58.9 Å². The van der Waals surface area contributed by atoms with Crippen molar-refractivity contribution in [3.8, 4) is 11.5 Å². The van der Waals surface area contributed by atoms with Crippen molar-refractivity contribution in [3.63, 3.8) is 0 Å². The lowest BCUT2D eigenvalue weighted by molar-refractivity contribution is -0.121. The molecule has 1 atom stereocenters. The van der Waals surface area contributed by atoms with Crippen LogP contribution >= 0.6 is 0 Å². The molecule has 33 heavy (non-hydrogen) atoms. The molecule has 3 N–H and O–H groups in total. The van der Waals surface area contributed by atoms with Gasteiger partial charge in [-0.3, -0.25) is 9.69 Å². The van der Waals surface area contributed by atoms with Gasteiger partial charge >= 0.3 is 6.03 Å². The molecule has 1 fully saturated rings. The molecule has 0 spiro atoms. The number of carbonyl (C=O) groups excluding carboxylic acids is 2. The lowest BCUT2D eigenvalue weighted by Gasteiger charge is -2.35. The van der Waals surface area contributed by atoms with Crippen molar-refractivity contribution in [1.29, 1.82) is 0 Å². The van der Waals surface area contributed by atoms with E-state index in [9.17, 15) is 9.59 Å². The maximum atomic E-state index is 12.4. The first-order valence-electron chi connectivity index (χ1n) is 11.0. The average molecular weight is 457 g/mol. The normalized spacial score (nSPS) is 14.7. The fraction of sp³-hybridized carbons (Fsp3) is 0.417. The lowest BCUT2D eigenvalue weighted by Crippen LogP contribution is -2.44. The van der Waals surface area contributed by atoms with Crippen LogP contribution in [0.25, 0.3) is 0 Å². The van der Waals surface area contributed by atoms with E-state index in [1.165, 1.54) is 0 Å². The molecule has 3 amide bonds. The molecule has 2 aromatic carbocycles. The maximum Gasteiger partial charge on any atom is 0.319 e. The number of nitrogens with one attached hydrogen (secondary N) is 3. The van der Waals surface area contributed by atoms with Gasteiger partial charge in [-0.25, -0.2) is 4.79 Å². The standard InChI is InChI=1S/C24H32N4O5/c1-31-20-7-3-18(4-8-20)22(28-13-15-33-16-14-28)17-26-23(29)11-12-25-24(30)27-19-5-9-21(32-2)10-6-19/h3-10,22H,11-17H2,1-2H3,(H,26,29)(H2,25,27,30). The first kappa shape index (κ1) is 24.3. The van der Waals surface area contributed by atoms with Gasteiger partial charge in [0.05, 0.1) is 33.5 Å². The molecular weight excluding hydrogens is 424 g/mol. The van der Waals surface area contributed by atoms with Gasteiger partial charge in [-0.2, -0.15) is 0 Å². The van der Waals surface area contributed by atoms with E-state index in [0.717, 1.165) is 24.4 Å². The van der Waals surface area contributed by atoms with Crippen LogP contribution in [0, 0.1) is 0 Å². The fourth-order valence-electron chi connectivity index (χ4n) is 3.61. The summed E-state index contributed by atoms with van der Waals surface area (Å²) in [4.78, 5) is 26.8. The summed E-state index contributed by atoms with van der Waals surface area (Å²) in [6.45, 7) is 3.67. The zero-order chi connectivity index (χ0) is 23.5. The monoisotopic (exact) mass is 456 g/mol. The van der Waals surface area contributed by atoms with Crippen molar-refractivity contribution in [2.45, 2.75) is 12.5 Å². The van der Waals surface area contributed by atoms with E-state index in [1.54, 1.807) is 38.5 Å². The van der Waals surface area contributed by atoms with E-state index in [0.29, 0.717) is 31.2 Å².